The highest BCUT2D eigenvalue weighted by molar-refractivity contribution is 5.97. The molecule has 0 fully saturated rings. The average Bonchev–Trinajstić information content (AvgIpc) is 2.59. The van der Waals surface area contributed by atoms with Gasteiger partial charge in [-0.2, -0.15) is 0 Å². The van der Waals surface area contributed by atoms with Gasteiger partial charge < -0.3 is 10.2 Å². The standard InChI is InChI=1S/C17H18N4O4/c1-19-13-5-4-12(9-11(13)3-6-15(19)23)18-14(22)10-21-8-7-16(24)20(2)17(21)25/h4-5,7-9H,3,6,10H2,1-2H3,(H,18,22). The Hall–Kier alpha value is -3.16. The number of hydrogen-bond acceptors (Lipinski definition) is 4. The van der Waals surface area contributed by atoms with E-state index in [1.807, 2.05) is 6.07 Å². The second kappa shape index (κ2) is 6.39. The molecule has 3 rings (SSSR count). The molecule has 0 bridgehead atoms. The smallest absolute Gasteiger partial charge is 0.325 e. The van der Waals surface area contributed by atoms with Crippen molar-refractivity contribution in [1.82, 2.24) is 9.13 Å². The predicted octanol–water partition coefficient (Wildman–Crippen LogP) is 0.0947. The Morgan fingerprint density at radius 3 is 2.64 bits per heavy atom. The molecule has 2 aromatic rings. The van der Waals surface area contributed by atoms with Gasteiger partial charge in [-0.15, -0.1) is 0 Å². The van der Waals surface area contributed by atoms with Gasteiger partial charge in [0.05, 0.1) is 0 Å². The molecule has 0 saturated carbocycles. The molecule has 0 spiro atoms. The first-order valence-electron chi connectivity index (χ1n) is 7.82. The second-order valence-electron chi connectivity index (χ2n) is 5.97. The summed E-state index contributed by atoms with van der Waals surface area (Å²) in [5, 5.41) is 2.74. The lowest BCUT2D eigenvalue weighted by atomic mass is 10.0. The van der Waals surface area contributed by atoms with Gasteiger partial charge in [0.2, 0.25) is 11.8 Å². The highest BCUT2D eigenvalue weighted by Crippen LogP contribution is 2.29. The summed E-state index contributed by atoms with van der Waals surface area (Å²) >= 11 is 0. The molecule has 2 amide bonds. The molecule has 8 nitrogen and oxygen atoms in total. The lowest BCUT2D eigenvalue weighted by molar-refractivity contribution is -0.118. The molecule has 1 aliphatic heterocycles. The van der Waals surface area contributed by atoms with Crippen molar-refractivity contribution in [3.05, 3.63) is 56.9 Å². The van der Waals surface area contributed by atoms with E-state index in [1.54, 1.807) is 24.1 Å². The van der Waals surface area contributed by atoms with Gasteiger partial charge in [0.15, 0.2) is 0 Å². The molecule has 25 heavy (non-hydrogen) atoms. The normalized spacial score (nSPS) is 13.5. The summed E-state index contributed by atoms with van der Waals surface area (Å²) in [6.45, 7) is -0.192. The Morgan fingerprint density at radius 1 is 1.12 bits per heavy atom. The summed E-state index contributed by atoms with van der Waals surface area (Å²) < 4.78 is 2.11. The lowest BCUT2D eigenvalue weighted by Crippen LogP contribution is -2.39. The number of anilines is 2. The quantitative estimate of drug-likeness (QED) is 0.856. The molecule has 1 aliphatic rings. The van der Waals surface area contributed by atoms with Crippen LogP contribution in [-0.4, -0.2) is 28.0 Å². The third-order valence-electron chi connectivity index (χ3n) is 4.28. The van der Waals surface area contributed by atoms with Gasteiger partial charge in [-0.1, -0.05) is 0 Å². The number of nitrogens with one attached hydrogen (secondary N) is 1. The monoisotopic (exact) mass is 342 g/mol. The maximum atomic E-state index is 12.2. The van der Waals surface area contributed by atoms with Gasteiger partial charge in [0.25, 0.3) is 5.56 Å². The number of carbonyl (C=O) groups is 2. The molecule has 1 N–H and O–H groups in total. The van der Waals surface area contributed by atoms with Gasteiger partial charge in [0, 0.05) is 44.2 Å². The molecule has 1 aromatic heterocycles. The van der Waals surface area contributed by atoms with E-state index in [4.69, 9.17) is 0 Å². The Bertz CT molecular complexity index is 973. The molecular weight excluding hydrogens is 324 g/mol. The van der Waals surface area contributed by atoms with E-state index in [0.717, 1.165) is 15.8 Å². The predicted molar refractivity (Wildman–Crippen MR) is 92.7 cm³/mol. The van der Waals surface area contributed by atoms with E-state index < -0.39 is 11.2 Å². The molecule has 1 aromatic carbocycles. The minimum Gasteiger partial charge on any atom is -0.325 e. The van der Waals surface area contributed by atoms with Crippen LogP contribution in [0, 0.1) is 0 Å². The number of benzene rings is 1. The lowest BCUT2D eigenvalue weighted by Gasteiger charge is -2.26. The van der Waals surface area contributed by atoms with Crippen molar-refractivity contribution < 1.29 is 9.59 Å². The van der Waals surface area contributed by atoms with Crippen LogP contribution in [-0.2, 0) is 29.6 Å². The van der Waals surface area contributed by atoms with Crippen LogP contribution in [0.15, 0.2) is 40.1 Å². The summed E-state index contributed by atoms with van der Waals surface area (Å²) in [7, 11) is 3.09. The van der Waals surface area contributed by atoms with Crippen LogP contribution in [0.2, 0.25) is 0 Å². The third-order valence-corrected chi connectivity index (χ3v) is 4.28. The molecular formula is C17H18N4O4. The topological polar surface area (TPSA) is 93.4 Å². The fourth-order valence-electron chi connectivity index (χ4n) is 2.83. The van der Waals surface area contributed by atoms with Gasteiger partial charge in [0.1, 0.15) is 6.54 Å². The Kier molecular flexibility index (Phi) is 4.26. The number of hydrogen-bond donors (Lipinski definition) is 1. The summed E-state index contributed by atoms with van der Waals surface area (Å²) in [5.41, 5.74) is 1.45. The molecule has 130 valence electrons. The molecule has 2 heterocycles. The van der Waals surface area contributed by atoms with Crippen LogP contribution >= 0.6 is 0 Å². The van der Waals surface area contributed by atoms with Crippen molar-refractivity contribution in [2.75, 3.05) is 17.3 Å². The first-order valence-corrected chi connectivity index (χ1v) is 7.82. The zero-order valence-electron chi connectivity index (χ0n) is 14.0. The van der Waals surface area contributed by atoms with Crippen molar-refractivity contribution in [1.29, 1.82) is 0 Å². The summed E-state index contributed by atoms with van der Waals surface area (Å²) in [6.07, 6.45) is 2.37. The van der Waals surface area contributed by atoms with E-state index in [-0.39, 0.29) is 18.4 Å². The maximum Gasteiger partial charge on any atom is 0.331 e. The van der Waals surface area contributed by atoms with Crippen molar-refractivity contribution in [3.8, 4) is 0 Å². The van der Waals surface area contributed by atoms with Crippen molar-refractivity contribution in [2.45, 2.75) is 19.4 Å². The maximum absolute atomic E-state index is 12.2. The number of aromatic nitrogens is 2. The van der Waals surface area contributed by atoms with E-state index >= 15 is 0 Å². The van der Waals surface area contributed by atoms with Crippen LogP contribution < -0.4 is 21.5 Å². The first kappa shape index (κ1) is 16.7. The van der Waals surface area contributed by atoms with Crippen molar-refractivity contribution in [2.24, 2.45) is 7.05 Å². The zero-order chi connectivity index (χ0) is 18.1. The van der Waals surface area contributed by atoms with Crippen LogP contribution in [0.25, 0.3) is 0 Å². The van der Waals surface area contributed by atoms with E-state index in [1.165, 1.54) is 23.9 Å². The highest BCUT2D eigenvalue weighted by atomic mass is 16.2. The second-order valence-corrected chi connectivity index (χ2v) is 5.97. The fourth-order valence-corrected chi connectivity index (χ4v) is 2.83. The number of aryl methyl sites for hydroxylation is 1. The summed E-state index contributed by atoms with van der Waals surface area (Å²) in [6, 6.07) is 6.58. The van der Waals surface area contributed by atoms with E-state index in [0.29, 0.717) is 18.5 Å². The largest absolute Gasteiger partial charge is 0.331 e. The zero-order valence-corrected chi connectivity index (χ0v) is 14.0. The molecule has 8 heteroatoms. The third kappa shape index (κ3) is 3.23. The van der Waals surface area contributed by atoms with Gasteiger partial charge in [-0.05, 0) is 30.2 Å². The van der Waals surface area contributed by atoms with Gasteiger partial charge in [-0.25, -0.2) is 4.79 Å². The SMILES string of the molecule is CN1C(=O)CCc2cc(NC(=O)Cn3ccc(=O)n(C)c3=O)ccc21. The van der Waals surface area contributed by atoms with Gasteiger partial charge in [-0.3, -0.25) is 23.5 Å². The molecule has 0 aliphatic carbocycles. The van der Waals surface area contributed by atoms with Gasteiger partial charge >= 0.3 is 5.69 Å². The van der Waals surface area contributed by atoms with Crippen molar-refractivity contribution in [3.63, 3.8) is 0 Å². The van der Waals surface area contributed by atoms with Crippen LogP contribution in [0.1, 0.15) is 12.0 Å². The minimum atomic E-state index is -0.548. The highest BCUT2D eigenvalue weighted by Gasteiger charge is 2.21. The van der Waals surface area contributed by atoms with E-state index in [9.17, 15) is 19.2 Å². The number of fused-ring (bicyclic) bond motifs is 1. The number of nitrogens with zero attached hydrogens (tertiary/aromatic N) is 3. The Labute approximate surface area is 143 Å². The summed E-state index contributed by atoms with van der Waals surface area (Å²) in [5.74, 6) is -0.306. The molecule has 0 unspecified atom stereocenters. The number of amides is 2. The minimum absolute atomic E-state index is 0.0679. The number of carbonyl (C=O) groups excluding carboxylic acids is 2. The van der Waals surface area contributed by atoms with Crippen molar-refractivity contribution >= 4 is 23.2 Å². The van der Waals surface area contributed by atoms with E-state index in [2.05, 4.69) is 5.32 Å². The fraction of sp³-hybridized carbons (Fsp3) is 0.294. The molecule has 0 saturated heterocycles. The Morgan fingerprint density at radius 2 is 1.88 bits per heavy atom. The van der Waals surface area contributed by atoms with Crippen LogP contribution in [0.4, 0.5) is 11.4 Å². The Balaban J connectivity index is 1.76. The number of rotatable bonds is 3. The average molecular weight is 342 g/mol. The summed E-state index contributed by atoms with van der Waals surface area (Å²) in [4.78, 5) is 48.8. The van der Waals surface area contributed by atoms with Crippen LogP contribution in [0.5, 0.6) is 0 Å². The molecule has 0 atom stereocenters. The first-order chi connectivity index (χ1) is 11.9. The molecule has 0 radical (unpaired) electrons. The van der Waals surface area contributed by atoms with Crippen LogP contribution in [0.3, 0.4) is 0 Å².